The Labute approximate surface area is 468 Å². The number of hydrogen-bond acceptors (Lipinski definition) is 17. The Hall–Kier alpha value is -8.83. The summed E-state index contributed by atoms with van der Waals surface area (Å²) >= 11 is 0. The van der Waals surface area contributed by atoms with Crippen molar-refractivity contribution in [2.75, 3.05) is 76.8 Å². The molecule has 0 bridgehead atoms. The molecular formula is C58H68N6O17. The van der Waals surface area contributed by atoms with E-state index in [9.17, 15) is 43.8 Å². The lowest BCUT2D eigenvalue weighted by molar-refractivity contribution is 0.0633. The lowest BCUT2D eigenvalue weighted by Crippen LogP contribution is -2.38. The third kappa shape index (κ3) is 14.7. The van der Waals surface area contributed by atoms with E-state index < -0.39 is 59.3 Å². The van der Waals surface area contributed by atoms with Crippen molar-refractivity contribution in [1.29, 1.82) is 0 Å². The largest absolute Gasteiger partial charge is 0.493 e. The van der Waals surface area contributed by atoms with Crippen LogP contribution >= 0.6 is 0 Å². The van der Waals surface area contributed by atoms with Crippen molar-refractivity contribution >= 4 is 58.7 Å². The number of carbonyl (C=O) groups is 7. The van der Waals surface area contributed by atoms with Crippen molar-refractivity contribution in [3.05, 3.63) is 124 Å². The minimum atomic E-state index is -0.908. The molecule has 5 amide bonds. The number of unbranched alkanes of at least 4 members (excludes halogenated alkanes) is 2. The maximum absolute atomic E-state index is 14.1. The monoisotopic (exact) mass is 1120 g/mol. The van der Waals surface area contributed by atoms with Crippen LogP contribution in [-0.4, -0.2) is 145 Å². The van der Waals surface area contributed by atoms with E-state index in [1.807, 2.05) is 0 Å². The molecule has 2 aliphatic heterocycles. The number of carbonyl (C=O) groups excluding carboxylic acids is 7. The first-order chi connectivity index (χ1) is 38.6. The van der Waals surface area contributed by atoms with Gasteiger partial charge in [0.15, 0.2) is 28.8 Å². The van der Waals surface area contributed by atoms with Gasteiger partial charge in [-0.3, -0.25) is 35.1 Å². The van der Waals surface area contributed by atoms with Crippen LogP contribution in [0.5, 0.6) is 23.0 Å². The highest BCUT2D eigenvalue weighted by atomic mass is 16.6. The van der Waals surface area contributed by atoms with Gasteiger partial charge in [-0.2, -0.15) is 0 Å². The van der Waals surface area contributed by atoms with Crippen LogP contribution in [0.3, 0.4) is 0 Å². The standard InChI is InChI=1S/C58H68N6O17/c1-33-19-37(29-65)63(27-33)53(69)40-22-46(74-7)48(77-17-11-10-12-18-78-49-25-44(61-57(73)81-58(3,4)5)41(23-47(49)75-8)54(70)64-28-34(2)20-38(64)30-66)24-43(40)60-56(72)79-31-35-13-15-36(16-14-35)59-55(71)80-32-39-21-42-51(62(39)6)45(67)26-50(76-9)52(42)68/h13-16,21-26,37-38,65-66H,1-2,10-12,17-20,27-32H2,3-9H3,(H,59,71)(H,60,72)(H,61,73)/t37-,38-/m0/s1. The molecule has 0 saturated carbocycles. The van der Waals surface area contributed by atoms with Gasteiger partial charge in [0, 0.05) is 44.0 Å². The van der Waals surface area contributed by atoms with Gasteiger partial charge in [0.05, 0.1) is 93.6 Å². The number of likely N-dealkylation sites (tertiary alicyclic amines) is 2. The van der Waals surface area contributed by atoms with E-state index in [0.717, 1.165) is 17.2 Å². The first-order valence-corrected chi connectivity index (χ1v) is 26.0. The van der Waals surface area contributed by atoms with Gasteiger partial charge < -0.3 is 62.5 Å². The Kier molecular flexibility index (Phi) is 19.5. The van der Waals surface area contributed by atoms with Crippen molar-refractivity contribution in [3.63, 3.8) is 0 Å². The van der Waals surface area contributed by atoms with Gasteiger partial charge in [-0.15, -0.1) is 0 Å². The maximum atomic E-state index is 14.1. The number of benzene rings is 3. The van der Waals surface area contributed by atoms with E-state index in [1.165, 1.54) is 66.0 Å². The summed E-state index contributed by atoms with van der Waals surface area (Å²) in [7, 11) is 5.72. The van der Waals surface area contributed by atoms with Gasteiger partial charge in [-0.05, 0) is 88.8 Å². The predicted molar refractivity (Wildman–Crippen MR) is 295 cm³/mol. The van der Waals surface area contributed by atoms with Crippen LogP contribution in [0.15, 0.2) is 90.7 Å². The van der Waals surface area contributed by atoms with E-state index in [0.29, 0.717) is 49.0 Å². The van der Waals surface area contributed by atoms with Crippen LogP contribution in [-0.2, 0) is 39.2 Å². The Balaban J connectivity index is 0.956. The van der Waals surface area contributed by atoms with Crippen LogP contribution < -0.4 is 34.9 Å². The number of rotatable bonds is 22. The summed E-state index contributed by atoms with van der Waals surface area (Å²) in [5.41, 5.74) is 2.66. The molecule has 0 radical (unpaired) electrons. The number of ether oxygens (including phenoxy) is 8. The van der Waals surface area contributed by atoms with E-state index in [2.05, 4.69) is 29.1 Å². The van der Waals surface area contributed by atoms with Gasteiger partial charge in [0.25, 0.3) is 11.8 Å². The zero-order valence-electron chi connectivity index (χ0n) is 46.4. The molecule has 2 fully saturated rings. The van der Waals surface area contributed by atoms with Crippen molar-refractivity contribution in [1.82, 2.24) is 14.4 Å². The second-order valence-corrected chi connectivity index (χ2v) is 20.4. The third-order valence-corrected chi connectivity index (χ3v) is 13.3. The molecule has 1 aliphatic carbocycles. The number of hydrogen-bond donors (Lipinski definition) is 5. The lowest BCUT2D eigenvalue weighted by Gasteiger charge is -2.25. The molecule has 2 saturated heterocycles. The average molecular weight is 1120 g/mol. The molecule has 3 heterocycles. The molecule has 3 aliphatic rings. The Morgan fingerprint density at radius 3 is 1.65 bits per heavy atom. The Bertz CT molecular complexity index is 3120. The molecule has 1 aromatic heterocycles. The topological polar surface area (TPSA) is 281 Å². The highest BCUT2D eigenvalue weighted by molar-refractivity contribution is 6.23. The van der Waals surface area contributed by atoms with Gasteiger partial charge in [-0.25, -0.2) is 14.4 Å². The average Bonchev–Trinajstić information content (AvgIpc) is 4.12. The minimum absolute atomic E-state index is 0.0447. The van der Waals surface area contributed by atoms with Crippen molar-refractivity contribution in [2.24, 2.45) is 7.05 Å². The summed E-state index contributed by atoms with van der Waals surface area (Å²) in [4.78, 5) is 95.5. The number of nitrogens with zero attached hydrogens (tertiary/aromatic N) is 3. The highest BCUT2D eigenvalue weighted by Crippen LogP contribution is 2.38. The second-order valence-electron chi connectivity index (χ2n) is 20.4. The molecular weight excluding hydrogens is 1050 g/mol. The van der Waals surface area contributed by atoms with Crippen molar-refractivity contribution in [3.8, 4) is 23.0 Å². The molecule has 5 N–H and O–H groups in total. The summed E-state index contributed by atoms with van der Waals surface area (Å²) < 4.78 is 46.5. The number of aromatic nitrogens is 1. The van der Waals surface area contributed by atoms with Gasteiger partial charge in [0.1, 0.15) is 24.5 Å². The third-order valence-electron chi connectivity index (χ3n) is 13.3. The summed E-state index contributed by atoms with van der Waals surface area (Å²) in [6, 6.07) is 12.7. The molecule has 7 rings (SSSR count). The number of anilines is 3. The minimum Gasteiger partial charge on any atom is -0.493 e. The van der Waals surface area contributed by atoms with Crippen LogP contribution in [0.2, 0.25) is 0 Å². The fraction of sp³-hybridized carbons (Fsp3) is 0.397. The smallest absolute Gasteiger partial charge is 0.412 e. The number of aliphatic hydroxyl groups is 2. The number of Topliss-reactive ketones (excluding diaryl/α,β-unsaturated/α-hetero) is 1. The first kappa shape index (κ1) is 59.8. The van der Waals surface area contributed by atoms with Gasteiger partial charge in [0.2, 0.25) is 11.6 Å². The Morgan fingerprint density at radius 2 is 1.16 bits per heavy atom. The molecule has 23 nitrogen and oxygen atoms in total. The number of allylic oxidation sites excluding steroid dienone is 2. The number of nitrogens with one attached hydrogen (secondary N) is 3. The van der Waals surface area contributed by atoms with E-state index in [4.69, 9.17) is 37.9 Å². The summed E-state index contributed by atoms with van der Waals surface area (Å²) in [6.45, 7) is 12.9. The molecule has 3 aromatic carbocycles. The SMILES string of the molecule is C=C1C[C@@H](CO)N(C(=O)c2cc(OC)c(OCCCCCOc3cc(NC(=O)OC(C)(C)C)c(C(=O)N4CC(=C)C[C@H]4CO)cc3OC)cc2NC(=O)OCc2ccc(NC(=O)OCc3cc4c(n3C)C(=O)C=C(OC)C4=O)cc2)C1. The highest BCUT2D eigenvalue weighted by Gasteiger charge is 2.36. The number of ketones is 2. The fourth-order valence-corrected chi connectivity index (χ4v) is 9.33. The Morgan fingerprint density at radius 1 is 0.654 bits per heavy atom. The summed E-state index contributed by atoms with van der Waals surface area (Å²) in [5, 5.41) is 28.1. The molecule has 81 heavy (non-hydrogen) atoms. The molecule has 432 valence electrons. The number of aliphatic hydroxyl groups excluding tert-OH is 2. The van der Waals surface area contributed by atoms with Gasteiger partial charge >= 0.3 is 18.3 Å². The van der Waals surface area contributed by atoms with Gasteiger partial charge in [-0.1, -0.05) is 36.4 Å². The van der Waals surface area contributed by atoms with E-state index >= 15 is 0 Å². The van der Waals surface area contributed by atoms with Crippen molar-refractivity contribution in [2.45, 2.75) is 83.8 Å². The van der Waals surface area contributed by atoms with Crippen molar-refractivity contribution < 1.29 is 81.7 Å². The summed E-state index contributed by atoms with van der Waals surface area (Å²) in [5.74, 6) is -0.979. The zero-order valence-corrected chi connectivity index (χ0v) is 46.4. The van der Waals surface area contributed by atoms with Crippen LogP contribution in [0.1, 0.15) is 106 Å². The van der Waals surface area contributed by atoms with E-state index in [-0.39, 0.29) is 115 Å². The molecule has 0 spiro atoms. The lowest BCUT2D eigenvalue weighted by atomic mass is 10.0. The van der Waals surface area contributed by atoms with Crippen LogP contribution in [0.4, 0.5) is 31.4 Å². The maximum Gasteiger partial charge on any atom is 0.412 e. The molecule has 2 atom stereocenters. The van der Waals surface area contributed by atoms with Crippen LogP contribution in [0, 0.1) is 0 Å². The number of fused-ring (bicyclic) bond motifs is 1. The number of methoxy groups -OCH3 is 3. The second kappa shape index (κ2) is 26.4. The van der Waals surface area contributed by atoms with E-state index in [1.54, 1.807) is 52.1 Å². The zero-order chi connectivity index (χ0) is 58.7. The predicted octanol–water partition coefficient (Wildman–Crippen LogP) is 7.95. The molecule has 4 aromatic rings. The summed E-state index contributed by atoms with van der Waals surface area (Å²) in [6.07, 6.45) is 1.14. The number of amides is 5. The fourth-order valence-electron chi connectivity index (χ4n) is 9.33. The quantitative estimate of drug-likeness (QED) is 0.0283. The molecule has 0 unspecified atom stereocenters. The molecule has 23 heteroatoms. The normalized spacial score (nSPS) is 15.8. The first-order valence-electron chi connectivity index (χ1n) is 26.0. The van der Waals surface area contributed by atoms with Crippen LogP contribution in [0.25, 0.3) is 0 Å².